The summed E-state index contributed by atoms with van der Waals surface area (Å²) in [5, 5.41) is 3.11. The molecule has 2 atom stereocenters. The van der Waals surface area contributed by atoms with E-state index in [0.717, 1.165) is 11.1 Å². The fraction of sp³-hybridized carbons (Fsp3) is 0.133. The van der Waals surface area contributed by atoms with E-state index >= 15 is 0 Å². The van der Waals surface area contributed by atoms with Gasteiger partial charge in [-0.15, -0.1) is 0 Å². The number of rotatable bonds is 6. The molecule has 2 aliphatic rings. The first-order chi connectivity index (χ1) is 18.6. The highest BCUT2D eigenvalue weighted by Gasteiger charge is 2.59. The molecule has 38 heavy (non-hydrogen) atoms. The number of urea groups is 2. The first-order valence-corrected chi connectivity index (χ1v) is 12.2. The summed E-state index contributed by atoms with van der Waals surface area (Å²) in [7, 11) is 3.21. The smallest absolute Gasteiger partial charge is 0.347 e. The van der Waals surface area contributed by atoms with Crippen molar-refractivity contribution in [3.8, 4) is 11.5 Å². The van der Waals surface area contributed by atoms with Crippen molar-refractivity contribution in [3.05, 3.63) is 120 Å². The van der Waals surface area contributed by atoms with Crippen LogP contribution in [0.25, 0.3) is 0 Å². The molecule has 6 rings (SSSR count). The number of fused-ring (bicyclic) bond motifs is 1. The van der Waals surface area contributed by atoms with Crippen molar-refractivity contribution in [2.45, 2.75) is 12.3 Å². The third kappa shape index (κ3) is 3.69. The number of ether oxygens (including phenoxy) is 2. The van der Waals surface area contributed by atoms with Crippen LogP contribution < -0.4 is 19.3 Å². The Kier molecular flexibility index (Phi) is 5.84. The summed E-state index contributed by atoms with van der Waals surface area (Å²) in [4.78, 5) is 31.9. The van der Waals surface area contributed by atoms with E-state index in [1.807, 2.05) is 109 Å². The third-order valence-corrected chi connectivity index (χ3v) is 6.89. The summed E-state index contributed by atoms with van der Waals surface area (Å²) in [6, 6.07) is 33.1. The molecule has 4 aromatic carbocycles. The van der Waals surface area contributed by atoms with Gasteiger partial charge in [0.2, 0.25) is 0 Å². The van der Waals surface area contributed by atoms with Gasteiger partial charge in [-0.3, -0.25) is 9.80 Å². The molecule has 2 fully saturated rings. The quantitative estimate of drug-likeness (QED) is 0.312. The number of benzene rings is 4. The predicted molar refractivity (Wildman–Crippen MR) is 144 cm³/mol. The highest BCUT2D eigenvalue weighted by molar-refractivity contribution is 6.05. The molecule has 2 heterocycles. The lowest BCUT2D eigenvalue weighted by molar-refractivity contribution is 0.0696. The molecule has 8 heteroatoms. The second kappa shape index (κ2) is 9.48. The Balaban J connectivity index is 1.53. The van der Waals surface area contributed by atoms with E-state index < -0.39 is 12.3 Å². The average molecular weight is 507 g/mol. The van der Waals surface area contributed by atoms with Gasteiger partial charge >= 0.3 is 12.1 Å². The van der Waals surface area contributed by atoms with Gasteiger partial charge in [0.25, 0.3) is 0 Å². The minimum atomic E-state index is -0.697. The largest absolute Gasteiger partial charge is 0.497 e. The molecule has 8 nitrogen and oxygen atoms in total. The molecule has 4 amide bonds. The van der Waals surface area contributed by atoms with Gasteiger partial charge in [0, 0.05) is 11.4 Å². The lowest BCUT2D eigenvalue weighted by atomic mass is 10.1. The SMILES string of the molecule is COc1ccc(C2N(c3ccccc3)C(=O)N3C(c4ccc(OC)cc4)N(c4ccccc4)C(=O)N23)cc1. The van der Waals surface area contributed by atoms with Crippen molar-refractivity contribution in [2.24, 2.45) is 0 Å². The Morgan fingerprint density at radius 3 is 1.16 bits per heavy atom. The minimum absolute atomic E-state index is 0.301. The Morgan fingerprint density at radius 1 is 0.500 bits per heavy atom. The van der Waals surface area contributed by atoms with Gasteiger partial charge in [0.1, 0.15) is 11.5 Å². The van der Waals surface area contributed by atoms with Crippen LogP contribution in [-0.2, 0) is 0 Å². The number of anilines is 2. The van der Waals surface area contributed by atoms with Crippen LogP contribution in [-0.4, -0.2) is 36.3 Å². The van der Waals surface area contributed by atoms with Crippen molar-refractivity contribution in [2.75, 3.05) is 24.0 Å². The number of nitrogens with zero attached hydrogens (tertiary/aromatic N) is 4. The van der Waals surface area contributed by atoms with Crippen LogP contribution in [0, 0.1) is 0 Å². The first kappa shape index (κ1) is 23.4. The van der Waals surface area contributed by atoms with Gasteiger partial charge in [0.05, 0.1) is 14.2 Å². The van der Waals surface area contributed by atoms with Gasteiger partial charge < -0.3 is 9.47 Å². The summed E-state index contributed by atoms with van der Waals surface area (Å²) >= 11 is 0. The van der Waals surface area contributed by atoms with Crippen LogP contribution >= 0.6 is 0 Å². The van der Waals surface area contributed by atoms with Crippen molar-refractivity contribution >= 4 is 23.4 Å². The normalized spacial score (nSPS) is 18.7. The summed E-state index contributed by atoms with van der Waals surface area (Å²) < 4.78 is 10.7. The van der Waals surface area contributed by atoms with E-state index in [9.17, 15) is 9.59 Å². The number of para-hydroxylation sites is 2. The molecule has 0 aliphatic carbocycles. The van der Waals surface area contributed by atoms with E-state index in [1.165, 1.54) is 0 Å². The number of amides is 4. The highest BCUT2D eigenvalue weighted by atomic mass is 16.5. The van der Waals surface area contributed by atoms with E-state index in [2.05, 4.69) is 0 Å². The molecule has 0 N–H and O–H groups in total. The molecule has 2 saturated heterocycles. The molecule has 0 aromatic heterocycles. The standard InChI is InChI=1S/C30H26N4O4/c1-37-25-17-13-21(14-18-25)27-31(23-9-5-3-6-10-23)29(35)34-28(22-15-19-26(38-2)20-16-22)32(30(36)33(27)34)24-11-7-4-8-12-24/h3-20,27-28H,1-2H3. The molecule has 2 unspecified atom stereocenters. The lowest BCUT2D eigenvalue weighted by Gasteiger charge is -2.29. The van der Waals surface area contributed by atoms with E-state index in [0.29, 0.717) is 22.9 Å². The van der Waals surface area contributed by atoms with E-state index in [1.54, 1.807) is 34.0 Å². The summed E-state index contributed by atoms with van der Waals surface area (Å²) in [5.41, 5.74) is 2.95. The number of carbonyl (C=O) groups excluding carboxylic acids is 2. The minimum Gasteiger partial charge on any atom is -0.497 e. The Bertz CT molecular complexity index is 1330. The summed E-state index contributed by atoms with van der Waals surface area (Å²) in [6.07, 6.45) is -1.39. The van der Waals surface area contributed by atoms with Crippen LogP contribution in [0.1, 0.15) is 23.5 Å². The third-order valence-electron chi connectivity index (χ3n) is 6.89. The van der Waals surface area contributed by atoms with Crippen LogP contribution in [0.2, 0.25) is 0 Å². The fourth-order valence-corrected chi connectivity index (χ4v) is 5.09. The molecule has 190 valence electrons. The molecule has 2 aliphatic heterocycles. The van der Waals surface area contributed by atoms with Crippen LogP contribution in [0.15, 0.2) is 109 Å². The zero-order chi connectivity index (χ0) is 26.2. The Morgan fingerprint density at radius 2 is 0.842 bits per heavy atom. The van der Waals surface area contributed by atoms with Gasteiger partial charge in [-0.05, 0) is 59.7 Å². The van der Waals surface area contributed by atoms with Crippen molar-refractivity contribution < 1.29 is 19.1 Å². The van der Waals surface area contributed by atoms with Gasteiger partial charge in [-0.25, -0.2) is 19.6 Å². The molecule has 0 radical (unpaired) electrons. The second-order valence-corrected chi connectivity index (χ2v) is 8.96. The number of carbonyl (C=O) groups is 2. The zero-order valence-corrected chi connectivity index (χ0v) is 21.0. The molecule has 4 aromatic rings. The van der Waals surface area contributed by atoms with Crippen molar-refractivity contribution in [1.82, 2.24) is 10.0 Å². The summed E-state index contributed by atoms with van der Waals surface area (Å²) in [6.45, 7) is 0. The topological polar surface area (TPSA) is 65.6 Å². The molecular weight excluding hydrogens is 480 g/mol. The van der Waals surface area contributed by atoms with Crippen molar-refractivity contribution in [3.63, 3.8) is 0 Å². The maximum atomic E-state index is 14.3. The number of methoxy groups -OCH3 is 2. The Hall–Kier alpha value is -4.98. The van der Waals surface area contributed by atoms with Gasteiger partial charge in [-0.1, -0.05) is 60.7 Å². The maximum Gasteiger partial charge on any atom is 0.347 e. The van der Waals surface area contributed by atoms with Crippen LogP contribution in [0.3, 0.4) is 0 Å². The monoisotopic (exact) mass is 506 g/mol. The Labute approximate surface area is 220 Å². The number of hydrazine groups is 1. The zero-order valence-electron chi connectivity index (χ0n) is 21.0. The average Bonchev–Trinajstić information content (AvgIpc) is 3.45. The number of hydrogen-bond donors (Lipinski definition) is 0. The molecule has 0 saturated carbocycles. The second-order valence-electron chi connectivity index (χ2n) is 8.96. The van der Waals surface area contributed by atoms with Gasteiger partial charge in [-0.2, -0.15) is 0 Å². The predicted octanol–water partition coefficient (Wildman–Crippen LogP) is 6.20. The summed E-state index contributed by atoms with van der Waals surface area (Å²) in [5.74, 6) is 1.38. The first-order valence-electron chi connectivity index (χ1n) is 12.2. The maximum absolute atomic E-state index is 14.3. The number of hydrogen-bond acceptors (Lipinski definition) is 4. The highest BCUT2D eigenvalue weighted by Crippen LogP contribution is 2.49. The van der Waals surface area contributed by atoms with Crippen LogP contribution in [0.5, 0.6) is 11.5 Å². The fourth-order valence-electron chi connectivity index (χ4n) is 5.09. The molecule has 0 spiro atoms. The molecular formula is C30H26N4O4. The van der Waals surface area contributed by atoms with Crippen molar-refractivity contribution in [1.29, 1.82) is 0 Å². The van der Waals surface area contributed by atoms with E-state index in [-0.39, 0.29) is 12.1 Å². The van der Waals surface area contributed by atoms with Crippen LogP contribution in [0.4, 0.5) is 21.0 Å². The lowest BCUT2D eigenvalue weighted by Crippen LogP contribution is -2.40. The molecule has 0 bridgehead atoms. The van der Waals surface area contributed by atoms with Gasteiger partial charge in [0.15, 0.2) is 12.3 Å². The van der Waals surface area contributed by atoms with E-state index in [4.69, 9.17) is 9.47 Å².